The largest absolute Gasteiger partial charge is 0.257 e. The third-order valence-corrected chi connectivity index (χ3v) is 3.84. The van der Waals surface area contributed by atoms with Gasteiger partial charge in [-0.25, -0.2) is 0 Å². The van der Waals surface area contributed by atoms with Crippen LogP contribution in [0.25, 0.3) is 10.8 Å². The number of nitrogens with zero attached hydrogens (tertiary/aromatic N) is 1. The molecule has 86 valence electrons. The predicted octanol–water partition coefficient (Wildman–Crippen LogP) is 4.61. The molecule has 1 nitrogen and oxygen atoms in total. The van der Waals surface area contributed by atoms with E-state index in [-0.39, 0.29) is 5.41 Å². The highest BCUT2D eigenvalue weighted by molar-refractivity contribution is 6.06. The minimum absolute atomic E-state index is 0.0744. The predicted molar refractivity (Wildman–Crippen MR) is 74.4 cm³/mol. The SMILES string of the molecule is CCC1=Nc2ccc3ccccc3c2C1(C)C. The molecule has 2 aromatic rings. The van der Waals surface area contributed by atoms with Gasteiger partial charge in [0.25, 0.3) is 0 Å². The first-order chi connectivity index (χ1) is 8.14. The lowest BCUT2D eigenvalue weighted by Gasteiger charge is -2.23. The van der Waals surface area contributed by atoms with Crippen LogP contribution in [0.3, 0.4) is 0 Å². The van der Waals surface area contributed by atoms with Crippen LogP contribution in [0.15, 0.2) is 41.4 Å². The molecule has 0 saturated carbocycles. The van der Waals surface area contributed by atoms with Crippen molar-refractivity contribution < 1.29 is 0 Å². The summed E-state index contributed by atoms with van der Waals surface area (Å²) in [6.07, 6.45) is 1.02. The van der Waals surface area contributed by atoms with Crippen molar-refractivity contribution in [2.75, 3.05) is 0 Å². The van der Waals surface area contributed by atoms with Crippen molar-refractivity contribution in [2.24, 2.45) is 4.99 Å². The van der Waals surface area contributed by atoms with Gasteiger partial charge in [-0.2, -0.15) is 0 Å². The molecule has 0 spiro atoms. The zero-order valence-electron chi connectivity index (χ0n) is 10.6. The Kier molecular flexibility index (Phi) is 2.12. The molecule has 0 atom stereocenters. The number of fused-ring (bicyclic) bond motifs is 3. The average molecular weight is 223 g/mol. The normalized spacial score (nSPS) is 17.0. The lowest BCUT2D eigenvalue weighted by atomic mass is 9.78. The van der Waals surface area contributed by atoms with Gasteiger partial charge in [-0.15, -0.1) is 0 Å². The van der Waals surface area contributed by atoms with Gasteiger partial charge in [0.05, 0.1) is 5.69 Å². The summed E-state index contributed by atoms with van der Waals surface area (Å²) in [6.45, 7) is 6.76. The fourth-order valence-corrected chi connectivity index (χ4v) is 2.96. The highest BCUT2D eigenvalue weighted by Gasteiger charge is 2.34. The average Bonchev–Trinajstić information content (AvgIpc) is 2.61. The third kappa shape index (κ3) is 1.35. The van der Waals surface area contributed by atoms with Crippen LogP contribution in [0, 0.1) is 0 Å². The molecule has 0 amide bonds. The Bertz CT molecular complexity index is 620. The van der Waals surface area contributed by atoms with Gasteiger partial charge in [-0.05, 0) is 28.8 Å². The maximum Gasteiger partial charge on any atom is 0.0677 e. The van der Waals surface area contributed by atoms with E-state index in [9.17, 15) is 0 Å². The molecule has 1 heteroatoms. The summed E-state index contributed by atoms with van der Waals surface area (Å²) in [5.74, 6) is 0. The minimum atomic E-state index is 0.0744. The van der Waals surface area contributed by atoms with Crippen LogP contribution in [0.1, 0.15) is 32.8 Å². The Hall–Kier alpha value is -1.63. The van der Waals surface area contributed by atoms with E-state index in [0.29, 0.717) is 0 Å². The summed E-state index contributed by atoms with van der Waals surface area (Å²) >= 11 is 0. The maximum absolute atomic E-state index is 4.79. The standard InChI is InChI=1S/C16H17N/c1-4-14-16(2,3)15-12-8-6-5-7-11(12)9-10-13(15)17-14/h5-10H,4H2,1-3H3. The molecule has 3 rings (SSSR count). The van der Waals surface area contributed by atoms with Crippen molar-refractivity contribution in [1.82, 2.24) is 0 Å². The van der Waals surface area contributed by atoms with E-state index in [0.717, 1.165) is 12.1 Å². The molecule has 0 fully saturated rings. The fourth-order valence-electron chi connectivity index (χ4n) is 2.96. The van der Waals surface area contributed by atoms with Crippen LogP contribution in [0.4, 0.5) is 5.69 Å². The Balaban J connectivity index is 2.37. The van der Waals surface area contributed by atoms with Crippen molar-refractivity contribution in [1.29, 1.82) is 0 Å². The first kappa shape index (κ1) is 10.5. The van der Waals surface area contributed by atoms with Gasteiger partial charge in [-0.1, -0.05) is 51.1 Å². The van der Waals surface area contributed by atoms with Crippen LogP contribution >= 0.6 is 0 Å². The minimum Gasteiger partial charge on any atom is -0.257 e. The van der Waals surface area contributed by atoms with Gasteiger partial charge in [-0.3, -0.25) is 4.99 Å². The highest BCUT2D eigenvalue weighted by Crippen LogP contribution is 2.44. The van der Waals surface area contributed by atoms with Crippen LogP contribution < -0.4 is 0 Å². The molecule has 17 heavy (non-hydrogen) atoms. The Morgan fingerprint density at radius 1 is 1.06 bits per heavy atom. The molecule has 0 saturated heterocycles. The van der Waals surface area contributed by atoms with E-state index in [1.807, 2.05) is 0 Å². The summed E-state index contributed by atoms with van der Waals surface area (Å²) in [5.41, 5.74) is 3.92. The van der Waals surface area contributed by atoms with E-state index in [2.05, 4.69) is 57.2 Å². The second-order valence-corrected chi connectivity index (χ2v) is 5.22. The summed E-state index contributed by atoms with van der Waals surface area (Å²) in [4.78, 5) is 4.79. The summed E-state index contributed by atoms with van der Waals surface area (Å²) in [6, 6.07) is 12.9. The molecule has 0 aromatic heterocycles. The van der Waals surface area contributed by atoms with Gasteiger partial charge in [0.15, 0.2) is 0 Å². The lowest BCUT2D eigenvalue weighted by Crippen LogP contribution is -2.24. The van der Waals surface area contributed by atoms with Gasteiger partial charge >= 0.3 is 0 Å². The second-order valence-electron chi connectivity index (χ2n) is 5.22. The first-order valence-electron chi connectivity index (χ1n) is 6.25. The number of aliphatic imine (C=N–C) groups is 1. The molecule has 1 aliphatic heterocycles. The van der Waals surface area contributed by atoms with Crippen LogP contribution in [-0.2, 0) is 5.41 Å². The quantitative estimate of drug-likeness (QED) is 0.669. The zero-order valence-corrected chi connectivity index (χ0v) is 10.6. The molecule has 0 aliphatic carbocycles. The van der Waals surface area contributed by atoms with Crippen molar-refractivity contribution in [3.8, 4) is 0 Å². The van der Waals surface area contributed by atoms with E-state index in [1.165, 1.54) is 22.0 Å². The van der Waals surface area contributed by atoms with Crippen LogP contribution in [-0.4, -0.2) is 5.71 Å². The fraction of sp³-hybridized carbons (Fsp3) is 0.312. The summed E-state index contributed by atoms with van der Waals surface area (Å²) < 4.78 is 0. The van der Waals surface area contributed by atoms with Gasteiger partial charge in [0.2, 0.25) is 0 Å². The summed E-state index contributed by atoms with van der Waals surface area (Å²) in [5, 5.41) is 2.66. The zero-order chi connectivity index (χ0) is 12.0. The van der Waals surface area contributed by atoms with Crippen molar-refractivity contribution >= 4 is 22.2 Å². The van der Waals surface area contributed by atoms with Crippen LogP contribution in [0.5, 0.6) is 0 Å². The molecule has 0 N–H and O–H groups in total. The Morgan fingerprint density at radius 2 is 1.82 bits per heavy atom. The highest BCUT2D eigenvalue weighted by atomic mass is 14.8. The topological polar surface area (TPSA) is 12.4 Å². The van der Waals surface area contributed by atoms with Gasteiger partial charge in [0.1, 0.15) is 0 Å². The number of hydrogen-bond acceptors (Lipinski definition) is 1. The van der Waals surface area contributed by atoms with Gasteiger partial charge < -0.3 is 0 Å². The van der Waals surface area contributed by atoms with Crippen molar-refractivity contribution in [3.63, 3.8) is 0 Å². The van der Waals surface area contributed by atoms with E-state index in [4.69, 9.17) is 4.99 Å². The van der Waals surface area contributed by atoms with Crippen LogP contribution in [0.2, 0.25) is 0 Å². The monoisotopic (exact) mass is 223 g/mol. The van der Waals surface area contributed by atoms with E-state index in [1.54, 1.807) is 0 Å². The third-order valence-electron chi connectivity index (χ3n) is 3.84. The molecule has 1 heterocycles. The Labute approximate surface area is 102 Å². The number of rotatable bonds is 1. The molecule has 0 bridgehead atoms. The lowest BCUT2D eigenvalue weighted by molar-refractivity contribution is 0.728. The smallest absolute Gasteiger partial charge is 0.0677 e. The van der Waals surface area contributed by atoms with Crippen molar-refractivity contribution in [2.45, 2.75) is 32.6 Å². The molecular weight excluding hydrogens is 206 g/mol. The number of hydrogen-bond donors (Lipinski definition) is 0. The molecule has 2 aromatic carbocycles. The molecule has 0 unspecified atom stereocenters. The molecule has 1 aliphatic rings. The van der Waals surface area contributed by atoms with Gasteiger partial charge in [0, 0.05) is 11.1 Å². The molecule has 0 radical (unpaired) electrons. The van der Waals surface area contributed by atoms with Crippen molar-refractivity contribution in [3.05, 3.63) is 42.0 Å². The summed E-state index contributed by atoms with van der Waals surface area (Å²) in [7, 11) is 0. The first-order valence-corrected chi connectivity index (χ1v) is 6.25. The second kappa shape index (κ2) is 3.43. The van der Waals surface area contributed by atoms with E-state index < -0.39 is 0 Å². The molecular formula is C16H17N. The maximum atomic E-state index is 4.79. The number of benzene rings is 2. The van der Waals surface area contributed by atoms with E-state index >= 15 is 0 Å². The Morgan fingerprint density at radius 3 is 2.59 bits per heavy atom.